The van der Waals surface area contributed by atoms with E-state index in [1.54, 1.807) is 12.5 Å². The maximum Gasteiger partial charge on any atom is 0.227 e. The van der Waals surface area contributed by atoms with Crippen LogP contribution in [0.2, 0.25) is 0 Å². The van der Waals surface area contributed by atoms with E-state index in [-0.39, 0.29) is 11.8 Å². The largest absolute Gasteiger partial charge is 0.467 e. The maximum absolute atomic E-state index is 11.6. The van der Waals surface area contributed by atoms with Crippen LogP contribution in [0.3, 0.4) is 0 Å². The summed E-state index contributed by atoms with van der Waals surface area (Å²) in [5, 5.41) is 6.00. The van der Waals surface area contributed by atoms with Crippen LogP contribution in [0.15, 0.2) is 41.1 Å². The number of anilines is 2. The molecule has 2 aromatic rings. The van der Waals surface area contributed by atoms with Crippen molar-refractivity contribution < 1.29 is 9.21 Å². The van der Waals surface area contributed by atoms with Gasteiger partial charge in [0, 0.05) is 5.92 Å². The zero-order chi connectivity index (χ0) is 13.1. The van der Waals surface area contributed by atoms with Crippen molar-refractivity contribution in [3.63, 3.8) is 0 Å². The summed E-state index contributed by atoms with van der Waals surface area (Å²) in [6.07, 6.45) is 5.30. The molecule has 2 heterocycles. The van der Waals surface area contributed by atoms with E-state index in [4.69, 9.17) is 4.42 Å². The van der Waals surface area contributed by atoms with Gasteiger partial charge in [0.25, 0.3) is 0 Å². The summed E-state index contributed by atoms with van der Waals surface area (Å²) in [6, 6.07) is 7.43. The molecule has 2 aromatic heterocycles. The van der Waals surface area contributed by atoms with Crippen LogP contribution in [0.1, 0.15) is 18.6 Å². The lowest BCUT2D eigenvalue weighted by molar-refractivity contribution is -0.117. The number of hydrogen-bond donors (Lipinski definition) is 2. The summed E-state index contributed by atoms with van der Waals surface area (Å²) in [4.78, 5) is 15.8. The second-order valence-electron chi connectivity index (χ2n) is 4.63. The molecule has 98 valence electrons. The molecule has 0 aliphatic heterocycles. The number of nitrogens with zero attached hydrogens (tertiary/aromatic N) is 1. The monoisotopic (exact) mass is 257 g/mol. The van der Waals surface area contributed by atoms with Gasteiger partial charge in [-0.05, 0) is 37.1 Å². The van der Waals surface area contributed by atoms with Gasteiger partial charge in [-0.25, -0.2) is 4.98 Å². The molecule has 0 atom stereocenters. The van der Waals surface area contributed by atoms with Gasteiger partial charge in [0.2, 0.25) is 5.91 Å². The number of amides is 1. The molecule has 1 saturated carbocycles. The number of hydrogen-bond acceptors (Lipinski definition) is 4. The maximum atomic E-state index is 11.6. The minimum atomic E-state index is 0.0955. The number of pyridine rings is 1. The normalized spacial score (nSPS) is 14.1. The number of carbonyl (C=O) groups is 1. The number of rotatable bonds is 5. The minimum absolute atomic E-state index is 0.0955. The van der Waals surface area contributed by atoms with Crippen molar-refractivity contribution in [2.45, 2.75) is 19.4 Å². The number of nitrogens with one attached hydrogen (secondary N) is 2. The molecule has 0 spiro atoms. The number of aromatic nitrogens is 1. The molecule has 1 fully saturated rings. The summed E-state index contributed by atoms with van der Waals surface area (Å²) in [5.74, 6) is 1.91. The molecular formula is C14H15N3O2. The van der Waals surface area contributed by atoms with Gasteiger partial charge in [-0.15, -0.1) is 0 Å². The summed E-state index contributed by atoms with van der Waals surface area (Å²) in [6.45, 7) is 0.591. The van der Waals surface area contributed by atoms with Gasteiger partial charge < -0.3 is 15.1 Å². The molecule has 1 aliphatic carbocycles. The molecule has 0 unspecified atom stereocenters. The smallest absolute Gasteiger partial charge is 0.227 e. The van der Waals surface area contributed by atoms with Crippen molar-refractivity contribution in [3.8, 4) is 0 Å². The number of furan rings is 1. The second-order valence-corrected chi connectivity index (χ2v) is 4.63. The van der Waals surface area contributed by atoms with Gasteiger partial charge in [-0.3, -0.25) is 4.79 Å². The Morgan fingerprint density at radius 2 is 2.26 bits per heavy atom. The highest BCUT2D eigenvalue weighted by atomic mass is 16.3. The van der Waals surface area contributed by atoms with Crippen LogP contribution >= 0.6 is 0 Å². The highest BCUT2D eigenvalue weighted by Gasteiger charge is 2.29. The molecule has 0 aromatic carbocycles. The van der Waals surface area contributed by atoms with Gasteiger partial charge in [0.05, 0.1) is 24.7 Å². The molecule has 5 heteroatoms. The fraction of sp³-hybridized carbons (Fsp3) is 0.286. The van der Waals surface area contributed by atoms with Crippen molar-refractivity contribution in [2.75, 3.05) is 10.6 Å². The van der Waals surface area contributed by atoms with Gasteiger partial charge in [-0.1, -0.05) is 0 Å². The predicted octanol–water partition coefficient (Wildman–Crippen LogP) is 2.64. The lowest BCUT2D eigenvalue weighted by Gasteiger charge is -2.06. The lowest BCUT2D eigenvalue weighted by Crippen LogP contribution is -2.13. The Balaban J connectivity index is 1.54. The fourth-order valence-electron chi connectivity index (χ4n) is 1.75. The summed E-state index contributed by atoms with van der Waals surface area (Å²) < 4.78 is 5.22. The van der Waals surface area contributed by atoms with Crippen LogP contribution in [-0.2, 0) is 11.3 Å². The molecule has 19 heavy (non-hydrogen) atoms. The topological polar surface area (TPSA) is 67.2 Å². The Hall–Kier alpha value is -2.30. The molecule has 0 saturated heterocycles. The first-order chi connectivity index (χ1) is 9.31. The van der Waals surface area contributed by atoms with Crippen LogP contribution in [0, 0.1) is 5.92 Å². The molecule has 1 amide bonds. The molecule has 0 bridgehead atoms. The van der Waals surface area contributed by atoms with Gasteiger partial charge >= 0.3 is 0 Å². The van der Waals surface area contributed by atoms with E-state index < -0.39 is 0 Å². The minimum Gasteiger partial charge on any atom is -0.467 e. The van der Waals surface area contributed by atoms with E-state index in [2.05, 4.69) is 15.6 Å². The summed E-state index contributed by atoms with van der Waals surface area (Å²) in [5.41, 5.74) is 0.737. The lowest BCUT2D eigenvalue weighted by atomic mass is 10.3. The Labute approximate surface area is 111 Å². The van der Waals surface area contributed by atoms with Gasteiger partial charge in [0.15, 0.2) is 0 Å². The molecule has 0 radical (unpaired) electrons. The SMILES string of the molecule is O=C(Nc1ccc(NCc2ccco2)nc1)C1CC1. The van der Waals surface area contributed by atoms with E-state index in [1.165, 1.54) is 0 Å². The molecule has 3 rings (SSSR count). The quantitative estimate of drug-likeness (QED) is 0.864. The van der Waals surface area contributed by atoms with Crippen molar-refractivity contribution in [3.05, 3.63) is 42.5 Å². The van der Waals surface area contributed by atoms with Crippen LogP contribution in [-0.4, -0.2) is 10.9 Å². The highest BCUT2D eigenvalue weighted by Crippen LogP contribution is 2.30. The standard InChI is InChI=1S/C14H15N3O2/c18-14(10-3-4-10)17-11-5-6-13(15-8-11)16-9-12-2-1-7-19-12/h1-2,5-8,10H,3-4,9H2,(H,15,16)(H,17,18). The zero-order valence-corrected chi connectivity index (χ0v) is 10.4. The number of carbonyl (C=O) groups excluding carboxylic acids is 1. The van der Waals surface area contributed by atoms with Crippen molar-refractivity contribution in [1.82, 2.24) is 4.98 Å². The molecular weight excluding hydrogens is 242 g/mol. The van der Waals surface area contributed by atoms with E-state index in [9.17, 15) is 4.79 Å². The summed E-state index contributed by atoms with van der Waals surface area (Å²) >= 11 is 0. The van der Waals surface area contributed by atoms with Crippen LogP contribution in [0.25, 0.3) is 0 Å². The van der Waals surface area contributed by atoms with Crippen molar-refractivity contribution in [1.29, 1.82) is 0 Å². The van der Waals surface area contributed by atoms with E-state index >= 15 is 0 Å². The summed E-state index contributed by atoms with van der Waals surface area (Å²) in [7, 11) is 0. The third-order valence-electron chi connectivity index (χ3n) is 3.00. The third kappa shape index (κ3) is 3.13. The molecule has 1 aliphatic rings. The van der Waals surface area contributed by atoms with Crippen LogP contribution < -0.4 is 10.6 Å². The third-order valence-corrected chi connectivity index (χ3v) is 3.00. The average Bonchev–Trinajstić information content (AvgIpc) is 3.16. The first-order valence-electron chi connectivity index (χ1n) is 6.34. The first-order valence-corrected chi connectivity index (χ1v) is 6.34. The van der Waals surface area contributed by atoms with Crippen LogP contribution in [0.4, 0.5) is 11.5 Å². The predicted molar refractivity (Wildman–Crippen MR) is 71.6 cm³/mol. The van der Waals surface area contributed by atoms with Gasteiger partial charge in [0.1, 0.15) is 11.6 Å². The Morgan fingerprint density at radius 1 is 1.37 bits per heavy atom. The Morgan fingerprint density at radius 3 is 2.89 bits per heavy atom. The van der Waals surface area contributed by atoms with Gasteiger partial charge in [-0.2, -0.15) is 0 Å². The Kier molecular flexibility index (Phi) is 3.18. The van der Waals surface area contributed by atoms with Crippen molar-refractivity contribution >= 4 is 17.4 Å². The van der Waals surface area contributed by atoms with E-state index in [0.29, 0.717) is 6.54 Å². The second kappa shape index (κ2) is 5.14. The average molecular weight is 257 g/mol. The van der Waals surface area contributed by atoms with Crippen molar-refractivity contribution in [2.24, 2.45) is 5.92 Å². The molecule has 5 nitrogen and oxygen atoms in total. The fourth-order valence-corrected chi connectivity index (χ4v) is 1.75. The zero-order valence-electron chi connectivity index (χ0n) is 10.4. The first kappa shape index (κ1) is 11.8. The Bertz CT molecular complexity index is 545. The van der Waals surface area contributed by atoms with E-state index in [1.807, 2.05) is 24.3 Å². The highest BCUT2D eigenvalue weighted by molar-refractivity contribution is 5.93. The van der Waals surface area contributed by atoms with E-state index in [0.717, 1.165) is 30.1 Å². The van der Waals surface area contributed by atoms with Crippen LogP contribution in [0.5, 0.6) is 0 Å². The molecule has 2 N–H and O–H groups in total.